The molecule has 0 saturated heterocycles. The summed E-state index contributed by atoms with van der Waals surface area (Å²) < 4.78 is 0. The van der Waals surface area contributed by atoms with Crippen molar-refractivity contribution in [3.63, 3.8) is 0 Å². The zero-order chi connectivity index (χ0) is 10.6. The van der Waals surface area contributed by atoms with E-state index in [9.17, 15) is 0 Å². The molecule has 0 aliphatic rings. The van der Waals surface area contributed by atoms with Gasteiger partial charge in [0.1, 0.15) is 0 Å². The minimum Gasteiger partial charge on any atom is -0.317 e. The van der Waals surface area contributed by atoms with Crippen LogP contribution >= 0.6 is 0 Å². The topological polar surface area (TPSA) is 24.1 Å². The predicted molar refractivity (Wildman–Crippen MR) is 64.8 cm³/mol. The average molecular weight is 200 g/mol. The monoisotopic (exact) mass is 200 g/mol. The van der Waals surface area contributed by atoms with Crippen molar-refractivity contribution in [3.8, 4) is 0 Å². The summed E-state index contributed by atoms with van der Waals surface area (Å²) in [5.74, 6) is 0. The highest BCUT2D eigenvalue weighted by atomic mass is 14.9. The highest BCUT2D eigenvalue weighted by Crippen LogP contribution is 1.92. The van der Waals surface area contributed by atoms with E-state index < -0.39 is 0 Å². The third-order valence-corrected chi connectivity index (χ3v) is 2.29. The first-order valence-electron chi connectivity index (χ1n) is 6.21. The first kappa shape index (κ1) is 13.9. The molecule has 0 rings (SSSR count). The lowest BCUT2D eigenvalue weighted by Gasteiger charge is -2.08. The van der Waals surface area contributed by atoms with Crippen molar-refractivity contribution in [2.24, 2.45) is 0 Å². The van der Waals surface area contributed by atoms with Crippen LogP contribution in [0.2, 0.25) is 0 Å². The Morgan fingerprint density at radius 3 is 2.00 bits per heavy atom. The summed E-state index contributed by atoms with van der Waals surface area (Å²) in [6.45, 7) is 10.2. The summed E-state index contributed by atoms with van der Waals surface area (Å²) in [6, 6.07) is 0.632. The van der Waals surface area contributed by atoms with Gasteiger partial charge in [-0.05, 0) is 38.9 Å². The van der Waals surface area contributed by atoms with Crippen LogP contribution in [0.15, 0.2) is 0 Å². The van der Waals surface area contributed by atoms with Crippen molar-refractivity contribution >= 4 is 0 Å². The van der Waals surface area contributed by atoms with Crippen molar-refractivity contribution < 1.29 is 0 Å². The minimum atomic E-state index is 0.632. The van der Waals surface area contributed by atoms with Crippen LogP contribution in [0.25, 0.3) is 0 Å². The number of rotatable bonds is 10. The third-order valence-electron chi connectivity index (χ3n) is 2.29. The lowest BCUT2D eigenvalue weighted by Crippen LogP contribution is -2.24. The Hall–Kier alpha value is -0.0800. The molecule has 0 fully saturated rings. The van der Waals surface area contributed by atoms with Gasteiger partial charge in [0.25, 0.3) is 0 Å². The molecule has 14 heavy (non-hydrogen) atoms. The Bertz CT molecular complexity index is 102. The van der Waals surface area contributed by atoms with Gasteiger partial charge in [-0.2, -0.15) is 0 Å². The molecule has 0 unspecified atom stereocenters. The SMILES string of the molecule is CCCCCNCCCCNC(C)C. The van der Waals surface area contributed by atoms with Crippen molar-refractivity contribution in [2.75, 3.05) is 19.6 Å². The van der Waals surface area contributed by atoms with Crippen LogP contribution < -0.4 is 10.6 Å². The first-order valence-corrected chi connectivity index (χ1v) is 6.21. The minimum absolute atomic E-state index is 0.632. The summed E-state index contributed by atoms with van der Waals surface area (Å²) in [7, 11) is 0. The highest BCUT2D eigenvalue weighted by molar-refractivity contribution is 4.54. The molecular weight excluding hydrogens is 172 g/mol. The maximum Gasteiger partial charge on any atom is 0.00103 e. The quantitative estimate of drug-likeness (QED) is 0.530. The molecule has 0 heterocycles. The fourth-order valence-electron chi connectivity index (χ4n) is 1.39. The second kappa shape index (κ2) is 11.0. The highest BCUT2D eigenvalue weighted by Gasteiger charge is 1.92. The molecule has 0 aromatic carbocycles. The summed E-state index contributed by atoms with van der Waals surface area (Å²) in [5, 5.41) is 6.91. The standard InChI is InChI=1S/C12H28N2/c1-4-5-6-9-13-10-7-8-11-14-12(2)3/h12-14H,4-11H2,1-3H3. The molecule has 0 saturated carbocycles. The van der Waals surface area contributed by atoms with Crippen LogP contribution in [0, 0.1) is 0 Å². The second-order valence-electron chi connectivity index (χ2n) is 4.27. The predicted octanol–water partition coefficient (Wildman–Crippen LogP) is 2.54. The summed E-state index contributed by atoms with van der Waals surface area (Å²) in [5.41, 5.74) is 0. The van der Waals surface area contributed by atoms with Crippen molar-refractivity contribution in [1.82, 2.24) is 10.6 Å². The van der Waals surface area contributed by atoms with Crippen LogP contribution in [0.3, 0.4) is 0 Å². The van der Waals surface area contributed by atoms with E-state index in [4.69, 9.17) is 0 Å². The molecule has 0 aliphatic heterocycles. The van der Waals surface area contributed by atoms with Crippen LogP contribution in [-0.4, -0.2) is 25.7 Å². The molecule has 0 aliphatic carbocycles. The Labute approximate surface area is 89.9 Å². The Morgan fingerprint density at radius 2 is 1.43 bits per heavy atom. The van der Waals surface area contributed by atoms with E-state index in [0.717, 1.165) is 6.54 Å². The number of unbranched alkanes of at least 4 members (excludes halogenated alkanes) is 3. The van der Waals surface area contributed by atoms with Crippen LogP contribution in [0.1, 0.15) is 52.9 Å². The molecule has 0 bridgehead atoms. The van der Waals surface area contributed by atoms with Gasteiger partial charge in [-0.15, -0.1) is 0 Å². The van der Waals surface area contributed by atoms with Gasteiger partial charge in [0.2, 0.25) is 0 Å². The fraction of sp³-hybridized carbons (Fsp3) is 1.00. The van der Waals surface area contributed by atoms with E-state index in [0.29, 0.717) is 6.04 Å². The maximum atomic E-state index is 3.48. The molecule has 0 aromatic heterocycles. The van der Waals surface area contributed by atoms with Gasteiger partial charge in [-0.1, -0.05) is 33.6 Å². The molecular formula is C12H28N2. The molecule has 0 atom stereocenters. The smallest absolute Gasteiger partial charge is 0.00103 e. The number of hydrogen-bond acceptors (Lipinski definition) is 2. The molecule has 2 heteroatoms. The van der Waals surface area contributed by atoms with E-state index >= 15 is 0 Å². The van der Waals surface area contributed by atoms with Gasteiger partial charge in [0, 0.05) is 6.04 Å². The number of hydrogen-bond donors (Lipinski definition) is 2. The van der Waals surface area contributed by atoms with Crippen LogP contribution in [0.5, 0.6) is 0 Å². The largest absolute Gasteiger partial charge is 0.317 e. The zero-order valence-electron chi connectivity index (χ0n) is 10.2. The Balaban J connectivity index is 2.85. The molecule has 0 radical (unpaired) electrons. The summed E-state index contributed by atoms with van der Waals surface area (Å²) >= 11 is 0. The second-order valence-corrected chi connectivity index (χ2v) is 4.27. The molecule has 0 amide bonds. The van der Waals surface area contributed by atoms with E-state index in [2.05, 4.69) is 31.4 Å². The zero-order valence-corrected chi connectivity index (χ0v) is 10.2. The van der Waals surface area contributed by atoms with Gasteiger partial charge in [0.15, 0.2) is 0 Å². The molecule has 0 aromatic rings. The van der Waals surface area contributed by atoms with Gasteiger partial charge in [-0.3, -0.25) is 0 Å². The Morgan fingerprint density at radius 1 is 0.857 bits per heavy atom. The van der Waals surface area contributed by atoms with Gasteiger partial charge < -0.3 is 10.6 Å². The van der Waals surface area contributed by atoms with E-state index in [-0.39, 0.29) is 0 Å². The van der Waals surface area contributed by atoms with E-state index in [1.165, 1.54) is 45.2 Å². The first-order chi connectivity index (χ1) is 6.77. The maximum absolute atomic E-state index is 3.48. The molecule has 0 spiro atoms. The van der Waals surface area contributed by atoms with E-state index in [1.807, 2.05) is 0 Å². The summed E-state index contributed by atoms with van der Waals surface area (Å²) in [4.78, 5) is 0. The summed E-state index contributed by atoms with van der Waals surface area (Å²) in [6.07, 6.45) is 6.60. The fourth-order valence-corrected chi connectivity index (χ4v) is 1.39. The third kappa shape index (κ3) is 11.9. The molecule has 86 valence electrons. The molecule has 2 nitrogen and oxygen atoms in total. The van der Waals surface area contributed by atoms with Gasteiger partial charge >= 0.3 is 0 Å². The van der Waals surface area contributed by atoms with Crippen LogP contribution in [-0.2, 0) is 0 Å². The lowest BCUT2D eigenvalue weighted by molar-refractivity contribution is 0.535. The van der Waals surface area contributed by atoms with Crippen molar-refractivity contribution in [1.29, 1.82) is 0 Å². The lowest BCUT2D eigenvalue weighted by atomic mass is 10.2. The van der Waals surface area contributed by atoms with E-state index in [1.54, 1.807) is 0 Å². The van der Waals surface area contributed by atoms with Crippen LogP contribution in [0.4, 0.5) is 0 Å². The molecule has 2 N–H and O–H groups in total. The average Bonchev–Trinajstić information content (AvgIpc) is 2.15. The van der Waals surface area contributed by atoms with Crippen molar-refractivity contribution in [3.05, 3.63) is 0 Å². The number of nitrogens with one attached hydrogen (secondary N) is 2. The van der Waals surface area contributed by atoms with Gasteiger partial charge in [0.05, 0.1) is 0 Å². The van der Waals surface area contributed by atoms with Crippen molar-refractivity contribution in [2.45, 2.75) is 58.9 Å². The normalized spacial score (nSPS) is 11.1. The van der Waals surface area contributed by atoms with Gasteiger partial charge in [-0.25, -0.2) is 0 Å². The Kier molecular flexibility index (Phi) is 10.9.